The molecule has 10 nitrogen and oxygen atoms in total. The number of hydrogen-bond acceptors (Lipinski definition) is 8. The molecule has 12 heteroatoms. The molecule has 2 N–H and O–H groups in total. The molecule has 0 saturated heterocycles. The number of methoxy groups -OCH3 is 2. The second kappa shape index (κ2) is 8.23. The van der Waals surface area contributed by atoms with Crippen LogP contribution in [0.4, 0.5) is 11.4 Å². The van der Waals surface area contributed by atoms with Gasteiger partial charge in [-0.1, -0.05) is 12.1 Å². The largest absolute Gasteiger partial charge is 0.494 e. The van der Waals surface area contributed by atoms with Gasteiger partial charge in [0.2, 0.25) is 0 Å². The molecule has 0 aliphatic heterocycles. The van der Waals surface area contributed by atoms with Crippen LogP contribution in [0, 0.1) is 6.92 Å². The molecule has 0 unspecified atom stereocenters. The third kappa shape index (κ3) is 4.66. The maximum Gasteiger partial charge on any atom is 0.294 e. The van der Waals surface area contributed by atoms with Gasteiger partial charge in [0.05, 0.1) is 19.1 Å². The molecular formula is C19H18N2O8S2. The molecule has 0 aliphatic rings. The normalized spacial score (nSPS) is 12.4. The topological polar surface area (TPSA) is 152 Å². The number of azo groups is 1. The molecular weight excluding hydrogens is 448 g/mol. The summed E-state index contributed by atoms with van der Waals surface area (Å²) in [5.41, 5.74) is 0.710. The number of ether oxygens (including phenoxy) is 2. The van der Waals surface area contributed by atoms with Crippen molar-refractivity contribution in [2.24, 2.45) is 10.2 Å². The Balaban J connectivity index is 2.18. The van der Waals surface area contributed by atoms with Gasteiger partial charge < -0.3 is 9.47 Å². The summed E-state index contributed by atoms with van der Waals surface area (Å²) in [7, 11) is -6.09. The number of hydrogen-bond donors (Lipinski definition) is 2. The second-order valence-electron chi connectivity index (χ2n) is 6.44. The summed E-state index contributed by atoms with van der Waals surface area (Å²) in [6.45, 7) is 1.48. The zero-order valence-electron chi connectivity index (χ0n) is 16.6. The fourth-order valence-electron chi connectivity index (χ4n) is 2.98. The summed E-state index contributed by atoms with van der Waals surface area (Å²) in [5, 5.41) is 9.31. The van der Waals surface area contributed by atoms with Crippen molar-refractivity contribution < 1.29 is 35.4 Å². The van der Waals surface area contributed by atoms with E-state index >= 15 is 0 Å². The van der Waals surface area contributed by atoms with Gasteiger partial charge in [-0.25, -0.2) is 0 Å². The minimum atomic E-state index is -4.45. The predicted molar refractivity (Wildman–Crippen MR) is 112 cm³/mol. The fourth-order valence-corrected chi connectivity index (χ4v) is 4.22. The second-order valence-corrected chi connectivity index (χ2v) is 9.25. The first-order valence-corrected chi connectivity index (χ1v) is 11.5. The third-order valence-corrected chi connectivity index (χ3v) is 6.30. The van der Waals surface area contributed by atoms with Crippen molar-refractivity contribution in [2.75, 3.05) is 14.2 Å². The maximum atomic E-state index is 11.5. The lowest BCUT2D eigenvalue weighted by molar-refractivity contribution is 0.413. The lowest BCUT2D eigenvalue weighted by atomic mass is 10.1. The average Bonchev–Trinajstić information content (AvgIpc) is 2.69. The summed E-state index contributed by atoms with van der Waals surface area (Å²) in [6, 6.07) is 9.66. The molecule has 3 aromatic rings. The SMILES string of the molecule is COc1cc(S(=O)(=O)O)c(C)cc1N=Nc1c(OC)ccc2cc(S(=O)(=O)O)ccc12. The minimum absolute atomic E-state index is 0.0647. The van der Waals surface area contributed by atoms with Gasteiger partial charge in [0.1, 0.15) is 27.8 Å². The lowest BCUT2D eigenvalue weighted by Gasteiger charge is -2.10. The van der Waals surface area contributed by atoms with E-state index in [-0.39, 0.29) is 32.5 Å². The van der Waals surface area contributed by atoms with Crippen LogP contribution in [0.25, 0.3) is 10.8 Å². The van der Waals surface area contributed by atoms with Gasteiger partial charge in [-0.05, 0) is 42.1 Å². The zero-order chi connectivity index (χ0) is 23.0. The Morgan fingerprint density at radius 3 is 2.06 bits per heavy atom. The summed E-state index contributed by atoms with van der Waals surface area (Å²) in [4.78, 5) is -0.588. The van der Waals surface area contributed by atoms with Crippen molar-refractivity contribution >= 4 is 42.4 Å². The minimum Gasteiger partial charge on any atom is -0.494 e. The van der Waals surface area contributed by atoms with Crippen molar-refractivity contribution in [3.05, 3.63) is 48.0 Å². The van der Waals surface area contributed by atoms with E-state index in [0.29, 0.717) is 16.5 Å². The van der Waals surface area contributed by atoms with Gasteiger partial charge in [0.15, 0.2) is 0 Å². The Morgan fingerprint density at radius 1 is 0.806 bits per heavy atom. The fraction of sp³-hybridized carbons (Fsp3) is 0.158. The van der Waals surface area contributed by atoms with Gasteiger partial charge in [0, 0.05) is 11.5 Å². The van der Waals surface area contributed by atoms with E-state index in [1.807, 2.05) is 0 Å². The van der Waals surface area contributed by atoms with E-state index in [1.165, 1.54) is 45.4 Å². The first-order chi connectivity index (χ1) is 14.5. The number of fused-ring (bicyclic) bond motifs is 1. The molecule has 0 radical (unpaired) electrons. The quantitative estimate of drug-likeness (QED) is 0.407. The molecule has 0 aromatic heterocycles. The standard InChI is InChI=1S/C19H18N2O8S2/c1-11-8-15(17(29-3)10-18(11)31(25,26)27)20-21-19-14-6-5-13(30(22,23)24)9-12(14)4-7-16(19)28-2/h4-10H,1-3H3,(H,22,23,24)(H,25,26,27). The van der Waals surface area contributed by atoms with Crippen molar-refractivity contribution in [2.45, 2.75) is 16.7 Å². The molecule has 164 valence electrons. The van der Waals surface area contributed by atoms with Crippen LogP contribution in [-0.4, -0.2) is 40.2 Å². The third-order valence-electron chi connectivity index (χ3n) is 4.46. The predicted octanol–water partition coefficient (Wildman–Crippen LogP) is 4.07. The highest BCUT2D eigenvalue weighted by Crippen LogP contribution is 2.39. The molecule has 0 atom stereocenters. The molecule has 0 fully saturated rings. The Labute approximate surface area is 178 Å². The molecule has 0 bridgehead atoms. The van der Waals surface area contributed by atoms with E-state index in [9.17, 15) is 25.9 Å². The van der Waals surface area contributed by atoms with Crippen molar-refractivity contribution in [3.63, 3.8) is 0 Å². The van der Waals surface area contributed by atoms with Crippen LogP contribution < -0.4 is 9.47 Å². The number of aryl methyl sites for hydroxylation is 1. The molecule has 3 aromatic carbocycles. The van der Waals surface area contributed by atoms with Crippen LogP contribution in [0.2, 0.25) is 0 Å². The Morgan fingerprint density at radius 2 is 1.48 bits per heavy atom. The molecule has 0 spiro atoms. The molecule has 0 aliphatic carbocycles. The molecule has 3 rings (SSSR count). The summed E-state index contributed by atoms with van der Waals surface area (Å²) in [5.74, 6) is 0.413. The molecule has 0 heterocycles. The Kier molecular flexibility index (Phi) is 6.00. The first-order valence-electron chi connectivity index (χ1n) is 8.62. The van der Waals surface area contributed by atoms with Gasteiger partial charge in [-0.3, -0.25) is 9.11 Å². The summed E-state index contributed by atoms with van der Waals surface area (Å²) in [6.07, 6.45) is 0. The van der Waals surface area contributed by atoms with Crippen molar-refractivity contribution in [1.82, 2.24) is 0 Å². The van der Waals surface area contributed by atoms with Gasteiger partial charge in [-0.2, -0.15) is 16.8 Å². The van der Waals surface area contributed by atoms with E-state index in [1.54, 1.807) is 12.1 Å². The van der Waals surface area contributed by atoms with Crippen LogP contribution in [0.1, 0.15) is 5.56 Å². The highest BCUT2D eigenvalue weighted by molar-refractivity contribution is 7.86. The summed E-state index contributed by atoms with van der Waals surface area (Å²) < 4.78 is 74.9. The van der Waals surface area contributed by atoms with Crippen molar-refractivity contribution in [3.8, 4) is 11.5 Å². The molecule has 0 saturated carbocycles. The van der Waals surface area contributed by atoms with Crippen LogP contribution in [0.5, 0.6) is 11.5 Å². The smallest absolute Gasteiger partial charge is 0.294 e. The highest BCUT2D eigenvalue weighted by Gasteiger charge is 2.18. The maximum absolute atomic E-state index is 11.5. The first kappa shape index (κ1) is 22.6. The average molecular weight is 466 g/mol. The zero-order valence-corrected chi connectivity index (χ0v) is 18.2. The van der Waals surface area contributed by atoms with E-state index in [2.05, 4.69) is 10.2 Å². The monoisotopic (exact) mass is 466 g/mol. The number of rotatable bonds is 6. The van der Waals surface area contributed by atoms with E-state index in [0.717, 1.165) is 6.07 Å². The van der Waals surface area contributed by atoms with Gasteiger partial charge in [0.25, 0.3) is 20.2 Å². The van der Waals surface area contributed by atoms with E-state index in [4.69, 9.17) is 9.47 Å². The van der Waals surface area contributed by atoms with Crippen LogP contribution >= 0.6 is 0 Å². The van der Waals surface area contributed by atoms with Crippen LogP contribution in [0.3, 0.4) is 0 Å². The van der Waals surface area contributed by atoms with Crippen LogP contribution in [0.15, 0.2) is 62.5 Å². The van der Waals surface area contributed by atoms with Gasteiger partial charge >= 0.3 is 0 Å². The Hall–Kier alpha value is -3.06. The Bertz CT molecular complexity index is 1410. The highest BCUT2D eigenvalue weighted by atomic mass is 32.2. The molecule has 0 amide bonds. The van der Waals surface area contributed by atoms with Gasteiger partial charge in [-0.15, -0.1) is 10.2 Å². The van der Waals surface area contributed by atoms with E-state index < -0.39 is 20.2 Å². The molecule has 31 heavy (non-hydrogen) atoms. The number of benzene rings is 3. The number of nitrogens with zero attached hydrogens (tertiary/aromatic N) is 2. The van der Waals surface area contributed by atoms with Crippen LogP contribution in [-0.2, 0) is 20.2 Å². The summed E-state index contributed by atoms with van der Waals surface area (Å²) >= 11 is 0. The van der Waals surface area contributed by atoms with Crippen molar-refractivity contribution in [1.29, 1.82) is 0 Å². The lowest BCUT2D eigenvalue weighted by Crippen LogP contribution is -2.01.